The monoisotopic (exact) mass is 477 g/mol. The van der Waals surface area contributed by atoms with Crippen molar-refractivity contribution in [3.63, 3.8) is 0 Å². The number of hydrogen-bond acceptors (Lipinski definition) is 5. The van der Waals surface area contributed by atoms with Crippen LogP contribution in [0, 0.1) is 0 Å². The first-order valence-corrected chi connectivity index (χ1v) is 13.9. The van der Waals surface area contributed by atoms with Crippen molar-refractivity contribution in [2.45, 2.75) is 117 Å². The standard InChI is InChI=1S/C28H55N5.CH4/c29-16-10-4-2-1-3-9-15-26-21-27(24-32-19-13-7-5-11-17-30)23-28(22-26)25-33-20-14-8-6-12-18-31;/h21-23,32-33H,1-20,24-25,29-31H2;1H4. The third-order valence-corrected chi connectivity index (χ3v) is 6.31. The van der Waals surface area contributed by atoms with Crippen LogP contribution in [-0.2, 0) is 19.5 Å². The Bertz CT molecular complexity index is 461. The zero-order valence-electron chi connectivity index (χ0n) is 21.5. The highest BCUT2D eigenvalue weighted by Gasteiger charge is 2.03. The van der Waals surface area contributed by atoms with Gasteiger partial charge in [-0.25, -0.2) is 0 Å². The Kier molecular flexibility index (Phi) is 24.4. The minimum Gasteiger partial charge on any atom is -0.330 e. The molecule has 5 heteroatoms. The molecule has 1 aromatic carbocycles. The molecular formula is C29H59N5. The number of benzene rings is 1. The molecule has 0 aliphatic heterocycles. The van der Waals surface area contributed by atoms with Crippen molar-refractivity contribution in [3.8, 4) is 0 Å². The quantitative estimate of drug-likeness (QED) is 0.129. The van der Waals surface area contributed by atoms with Crippen LogP contribution in [0.25, 0.3) is 0 Å². The maximum atomic E-state index is 5.60. The lowest BCUT2D eigenvalue weighted by atomic mass is 10.00. The molecule has 0 radical (unpaired) electrons. The SMILES string of the molecule is C.NCCCCCCCCc1cc(CNCCCCCCN)cc(CNCCCCCCN)c1. The van der Waals surface area contributed by atoms with E-state index in [1.165, 1.54) is 100 Å². The molecule has 0 unspecified atom stereocenters. The maximum absolute atomic E-state index is 5.60. The van der Waals surface area contributed by atoms with E-state index in [4.69, 9.17) is 17.2 Å². The van der Waals surface area contributed by atoms with Crippen LogP contribution in [0.4, 0.5) is 0 Å². The van der Waals surface area contributed by atoms with Crippen molar-refractivity contribution in [2.75, 3.05) is 32.7 Å². The van der Waals surface area contributed by atoms with Crippen LogP contribution in [0.3, 0.4) is 0 Å². The molecule has 0 aliphatic rings. The fourth-order valence-electron chi connectivity index (χ4n) is 4.33. The van der Waals surface area contributed by atoms with Crippen LogP contribution in [0.1, 0.15) is 114 Å². The highest BCUT2D eigenvalue weighted by atomic mass is 14.9. The van der Waals surface area contributed by atoms with Crippen LogP contribution in [0.2, 0.25) is 0 Å². The van der Waals surface area contributed by atoms with Crippen LogP contribution in [-0.4, -0.2) is 32.7 Å². The van der Waals surface area contributed by atoms with E-state index in [1.807, 2.05) is 0 Å². The second-order valence-corrected chi connectivity index (χ2v) is 9.58. The van der Waals surface area contributed by atoms with Gasteiger partial charge in [0, 0.05) is 13.1 Å². The van der Waals surface area contributed by atoms with Crippen molar-refractivity contribution in [1.82, 2.24) is 10.6 Å². The molecule has 0 saturated carbocycles. The Labute approximate surface area is 212 Å². The molecule has 1 aromatic rings. The minimum atomic E-state index is 0. The fraction of sp³-hybridized carbons (Fsp3) is 0.793. The Morgan fingerprint density at radius 3 is 1.24 bits per heavy atom. The van der Waals surface area contributed by atoms with Crippen molar-refractivity contribution in [1.29, 1.82) is 0 Å². The Morgan fingerprint density at radius 2 is 0.794 bits per heavy atom. The van der Waals surface area contributed by atoms with Gasteiger partial charge in [0.15, 0.2) is 0 Å². The summed E-state index contributed by atoms with van der Waals surface area (Å²) in [6.07, 6.45) is 18.8. The van der Waals surface area contributed by atoms with Crippen molar-refractivity contribution in [2.24, 2.45) is 17.2 Å². The molecular weight excluding hydrogens is 418 g/mol. The molecule has 0 amide bonds. The summed E-state index contributed by atoms with van der Waals surface area (Å²) in [5.41, 5.74) is 21.1. The predicted molar refractivity (Wildman–Crippen MR) is 152 cm³/mol. The van der Waals surface area contributed by atoms with Crippen LogP contribution in [0.5, 0.6) is 0 Å². The Hall–Kier alpha value is -0.980. The summed E-state index contributed by atoms with van der Waals surface area (Å²) < 4.78 is 0. The number of rotatable bonds is 24. The normalized spacial score (nSPS) is 11.0. The summed E-state index contributed by atoms with van der Waals surface area (Å²) in [6.45, 7) is 6.59. The molecule has 0 spiro atoms. The number of hydrogen-bond donors (Lipinski definition) is 5. The summed E-state index contributed by atoms with van der Waals surface area (Å²) in [5, 5.41) is 7.31. The highest BCUT2D eigenvalue weighted by Crippen LogP contribution is 2.15. The highest BCUT2D eigenvalue weighted by molar-refractivity contribution is 5.30. The second kappa shape index (κ2) is 25.1. The van der Waals surface area contributed by atoms with E-state index >= 15 is 0 Å². The van der Waals surface area contributed by atoms with Crippen molar-refractivity contribution < 1.29 is 0 Å². The third-order valence-electron chi connectivity index (χ3n) is 6.31. The zero-order valence-corrected chi connectivity index (χ0v) is 21.5. The van der Waals surface area contributed by atoms with Gasteiger partial charge < -0.3 is 27.8 Å². The molecule has 8 N–H and O–H groups in total. The summed E-state index contributed by atoms with van der Waals surface area (Å²) in [7, 11) is 0. The van der Waals surface area contributed by atoms with Crippen LogP contribution >= 0.6 is 0 Å². The van der Waals surface area contributed by atoms with Gasteiger partial charge in [-0.05, 0) is 94.4 Å². The summed E-state index contributed by atoms with van der Waals surface area (Å²) in [4.78, 5) is 0. The van der Waals surface area contributed by atoms with Gasteiger partial charge in [0.2, 0.25) is 0 Å². The number of aryl methyl sites for hydroxylation is 1. The molecule has 0 fully saturated rings. The lowest BCUT2D eigenvalue weighted by molar-refractivity contribution is 0.584. The van der Waals surface area contributed by atoms with Gasteiger partial charge in [-0.3, -0.25) is 0 Å². The van der Waals surface area contributed by atoms with E-state index in [9.17, 15) is 0 Å². The van der Waals surface area contributed by atoms with Gasteiger partial charge in [0.25, 0.3) is 0 Å². The third kappa shape index (κ3) is 19.3. The van der Waals surface area contributed by atoms with E-state index < -0.39 is 0 Å². The van der Waals surface area contributed by atoms with E-state index in [0.717, 1.165) is 58.7 Å². The molecule has 0 atom stereocenters. The molecule has 0 aliphatic carbocycles. The van der Waals surface area contributed by atoms with Gasteiger partial charge in [-0.15, -0.1) is 0 Å². The molecule has 0 saturated heterocycles. The lowest BCUT2D eigenvalue weighted by Gasteiger charge is -2.12. The van der Waals surface area contributed by atoms with Gasteiger partial charge >= 0.3 is 0 Å². The molecule has 5 nitrogen and oxygen atoms in total. The van der Waals surface area contributed by atoms with E-state index in [0.29, 0.717) is 0 Å². The molecule has 0 aromatic heterocycles. The minimum absolute atomic E-state index is 0. The van der Waals surface area contributed by atoms with Gasteiger partial charge in [-0.2, -0.15) is 0 Å². The van der Waals surface area contributed by atoms with Gasteiger partial charge in [0.05, 0.1) is 0 Å². The van der Waals surface area contributed by atoms with Crippen molar-refractivity contribution in [3.05, 3.63) is 34.9 Å². The van der Waals surface area contributed by atoms with E-state index in [1.54, 1.807) is 0 Å². The smallest absolute Gasteiger partial charge is 0.0205 e. The van der Waals surface area contributed by atoms with Crippen LogP contribution < -0.4 is 27.8 Å². The molecule has 0 heterocycles. The fourth-order valence-corrected chi connectivity index (χ4v) is 4.33. The number of nitrogens with two attached hydrogens (primary N) is 3. The molecule has 34 heavy (non-hydrogen) atoms. The first-order chi connectivity index (χ1) is 16.3. The Balaban J connectivity index is 0.0000109. The second-order valence-electron chi connectivity index (χ2n) is 9.58. The number of nitrogens with one attached hydrogen (secondary N) is 2. The molecule has 0 bridgehead atoms. The molecule has 200 valence electrons. The number of unbranched alkanes of at least 4 members (excludes halogenated alkanes) is 11. The predicted octanol–water partition coefficient (Wildman–Crippen LogP) is 5.38. The topological polar surface area (TPSA) is 102 Å². The van der Waals surface area contributed by atoms with Gasteiger partial charge in [0.1, 0.15) is 0 Å². The zero-order chi connectivity index (χ0) is 23.8. The largest absolute Gasteiger partial charge is 0.330 e. The lowest BCUT2D eigenvalue weighted by Crippen LogP contribution is -2.17. The first kappa shape index (κ1) is 33.0. The van der Waals surface area contributed by atoms with E-state index in [-0.39, 0.29) is 7.43 Å². The van der Waals surface area contributed by atoms with E-state index in [2.05, 4.69) is 28.8 Å². The summed E-state index contributed by atoms with van der Waals surface area (Å²) >= 11 is 0. The van der Waals surface area contributed by atoms with Crippen molar-refractivity contribution >= 4 is 0 Å². The molecule has 1 rings (SSSR count). The Morgan fingerprint density at radius 1 is 0.441 bits per heavy atom. The summed E-state index contributed by atoms with van der Waals surface area (Å²) in [5.74, 6) is 0. The van der Waals surface area contributed by atoms with Gasteiger partial charge in [-0.1, -0.05) is 77.0 Å². The maximum Gasteiger partial charge on any atom is 0.0205 e. The average Bonchev–Trinajstić information content (AvgIpc) is 2.82. The first-order valence-electron chi connectivity index (χ1n) is 13.9. The summed E-state index contributed by atoms with van der Waals surface area (Å²) in [6, 6.07) is 7.23. The average molecular weight is 478 g/mol. The van der Waals surface area contributed by atoms with Crippen LogP contribution in [0.15, 0.2) is 18.2 Å².